The van der Waals surface area contributed by atoms with Crippen LogP contribution in [-0.4, -0.2) is 17.7 Å². The number of carboxylic acids is 1. The van der Waals surface area contributed by atoms with Gasteiger partial charge >= 0.3 is 5.97 Å². The highest BCUT2D eigenvalue weighted by molar-refractivity contribution is 5.67. The smallest absolute Gasteiger partial charge is 0.303 e. The molecule has 3 heteroatoms. The molecular weight excluding hydrogens is 276 g/mol. The third kappa shape index (κ3) is 9.43. The Bertz CT molecular complexity index is 415. The molecule has 0 unspecified atom stereocenters. The molecule has 1 aromatic rings. The van der Waals surface area contributed by atoms with Gasteiger partial charge in [0.2, 0.25) is 0 Å². The lowest BCUT2D eigenvalue weighted by molar-refractivity contribution is -0.136. The zero-order valence-electron chi connectivity index (χ0n) is 13.9. The topological polar surface area (TPSA) is 46.5 Å². The number of aliphatic carboxylic acids is 1. The summed E-state index contributed by atoms with van der Waals surface area (Å²) in [4.78, 5) is 10.6. The summed E-state index contributed by atoms with van der Waals surface area (Å²) >= 11 is 0. The lowest BCUT2D eigenvalue weighted by Crippen LogP contribution is -2.00. The minimum absolute atomic E-state index is 0.168. The van der Waals surface area contributed by atoms with Crippen molar-refractivity contribution in [3.05, 3.63) is 29.8 Å². The fraction of sp³-hybridized carbons (Fsp3) is 0.632. The van der Waals surface area contributed by atoms with Crippen LogP contribution >= 0.6 is 0 Å². The first-order valence-corrected chi connectivity index (χ1v) is 8.66. The summed E-state index contributed by atoms with van der Waals surface area (Å²) in [7, 11) is 0. The van der Waals surface area contributed by atoms with E-state index in [4.69, 9.17) is 9.84 Å². The Balaban J connectivity index is 2.09. The predicted molar refractivity (Wildman–Crippen MR) is 90.5 cm³/mol. The van der Waals surface area contributed by atoms with Gasteiger partial charge in [-0.15, -0.1) is 0 Å². The molecule has 0 saturated heterocycles. The Labute approximate surface area is 134 Å². The van der Waals surface area contributed by atoms with Gasteiger partial charge in [0.25, 0.3) is 0 Å². The zero-order valence-corrected chi connectivity index (χ0v) is 13.9. The van der Waals surface area contributed by atoms with Gasteiger partial charge in [-0.2, -0.15) is 0 Å². The van der Waals surface area contributed by atoms with E-state index >= 15 is 0 Å². The van der Waals surface area contributed by atoms with E-state index in [1.807, 2.05) is 24.3 Å². The largest absolute Gasteiger partial charge is 0.494 e. The lowest BCUT2D eigenvalue weighted by Gasteiger charge is -2.08. The number of hydrogen-bond acceptors (Lipinski definition) is 2. The second-order valence-electron chi connectivity index (χ2n) is 5.86. The molecule has 0 amide bonds. The quantitative estimate of drug-likeness (QED) is 0.508. The van der Waals surface area contributed by atoms with Crippen molar-refractivity contribution in [1.29, 1.82) is 0 Å². The fourth-order valence-corrected chi connectivity index (χ4v) is 2.47. The van der Waals surface area contributed by atoms with Crippen LogP contribution in [0.1, 0.15) is 70.3 Å². The highest BCUT2D eigenvalue weighted by atomic mass is 16.5. The highest BCUT2D eigenvalue weighted by Crippen LogP contribution is 2.15. The molecule has 0 aromatic heterocycles. The number of carbonyl (C=O) groups is 1. The second-order valence-corrected chi connectivity index (χ2v) is 5.86. The van der Waals surface area contributed by atoms with Crippen molar-refractivity contribution in [3.63, 3.8) is 0 Å². The predicted octanol–water partition coefficient (Wildman–Crippen LogP) is 5.22. The number of ether oxygens (including phenoxy) is 1. The van der Waals surface area contributed by atoms with Crippen molar-refractivity contribution >= 4 is 5.97 Å². The average molecular weight is 306 g/mol. The van der Waals surface area contributed by atoms with Crippen LogP contribution in [0.3, 0.4) is 0 Å². The molecule has 0 fully saturated rings. The Morgan fingerprint density at radius 2 is 1.73 bits per heavy atom. The molecule has 22 heavy (non-hydrogen) atoms. The van der Waals surface area contributed by atoms with Crippen LogP contribution in [0.25, 0.3) is 0 Å². The third-order valence-corrected chi connectivity index (χ3v) is 3.79. The van der Waals surface area contributed by atoms with Crippen molar-refractivity contribution in [2.75, 3.05) is 6.61 Å². The number of unbranched alkanes of at least 4 members (excludes halogenated alkanes) is 7. The van der Waals surface area contributed by atoms with Crippen LogP contribution in [0.5, 0.6) is 5.75 Å². The van der Waals surface area contributed by atoms with E-state index in [0.29, 0.717) is 6.42 Å². The van der Waals surface area contributed by atoms with Gasteiger partial charge < -0.3 is 9.84 Å². The fourth-order valence-electron chi connectivity index (χ4n) is 2.47. The lowest BCUT2D eigenvalue weighted by atomic mass is 10.1. The van der Waals surface area contributed by atoms with Crippen molar-refractivity contribution < 1.29 is 14.6 Å². The molecular formula is C19H30O3. The summed E-state index contributed by atoms with van der Waals surface area (Å²) in [5.41, 5.74) is 1.02. The van der Waals surface area contributed by atoms with Gasteiger partial charge in [0.05, 0.1) is 6.61 Å². The number of benzene rings is 1. The van der Waals surface area contributed by atoms with Gasteiger partial charge in [0.15, 0.2) is 0 Å². The molecule has 1 rings (SSSR count). The van der Waals surface area contributed by atoms with Crippen LogP contribution in [0.2, 0.25) is 0 Å². The minimum Gasteiger partial charge on any atom is -0.494 e. The second kappa shape index (κ2) is 12.1. The first-order valence-electron chi connectivity index (χ1n) is 8.66. The molecule has 0 saturated carbocycles. The van der Waals surface area contributed by atoms with Gasteiger partial charge in [0.1, 0.15) is 5.75 Å². The third-order valence-electron chi connectivity index (χ3n) is 3.79. The molecule has 3 nitrogen and oxygen atoms in total. The number of hydrogen-bond donors (Lipinski definition) is 1. The van der Waals surface area contributed by atoms with E-state index < -0.39 is 5.97 Å². The van der Waals surface area contributed by atoms with Crippen molar-refractivity contribution in [2.45, 2.75) is 71.1 Å². The van der Waals surface area contributed by atoms with Crippen LogP contribution in [0, 0.1) is 0 Å². The van der Waals surface area contributed by atoms with E-state index in [2.05, 4.69) is 6.92 Å². The molecule has 1 aromatic carbocycles. The van der Waals surface area contributed by atoms with Gasteiger partial charge in [-0.25, -0.2) is 0 Å². The van der Waals surface area contributed by atoms with Crippen LogP contribution in [0.15, 0.2) is 24.3 Å². The minimum atomic E-state index is -0.759. The molecule has 0 spiro atoms. The van der Waals surface area contributed by atoms with Crippen LogP contribution < -0.4 is 4.74 Å². The monoisotopic (exact) mass is 306 g/mol. The molecule has 0 heterocycles. The maximum absolute atomic E-state index is 10.6. The normalized spacial score (nSPS) is 10.6. The number of aryl methyl sites for hydroxylation is 1. The van der Waals surface area contributed by atoms with Crippen molar-refractivity contribution in [1.82, 2.24) is 0 Å². The summed E-state index contributed by atoms with van der Waals surface area (Å²) in [6.45, 7) is 2.99. The van der Waals surface area contributed by atoms with Crippen LogP contribution in [0.4, 0.5) is 0 Å². The van der Waals surface area contributed by atoms with Crippen molar-refractivity contribution in [2.24, 2.45) is 0 Å². The van der Waals surface area contributed by atoms with E-state index in [1.165, 1.54) is 44.9 Å². The number of carboxylic acid groups (broad SMARTS) is 1. The highest BCUT2D eigenvalue weighted by Gasteiger charge is 2.01. The summed E-state index contributed by atoms with van der Waals surface area (Å²) in [5, 5.41) is 8.70. The number of rotatable bonds is 13. The Morgan fingerprint density at radius 3 is 2.41 bits per heavy atom. The summed E-state index contributed by atoms with van der Waals surface area (Å²) in [6.07, 6.45) is 11.1. The van der Waals surface area contributed by atoms with Gasteiger partial charge in [-0.05, 0) is 30.5 Å². The summed E-state index contributed by atoms with van der Waals surface area (Å²) < 4.78 is 5.75. The Morgan fingerprint density at radius 1 is 1.05 bits per heavy atom. The molecule has 0 aliphatic rings. The molecule has 0 aliphatic heterocycles. The maximum atomic E-state index is 10.6. The molecule has 0 aliphatic carbocycles. The molecule has 0 radical (unpaired) electrons. The van der Waals surface area contributed by atoms with Crippen molar-refractivity contribution in [3.8, 4) is 5.75 Å². The van der Waals surface area contributed by atoms with E-state index in [0.717, 1.165) is 24.3 Å². The average Bonchev–Trinajstić information content (AvgIpc) is 2.52. The standard InChI is InChI=1S/C19H30O3/c1-2-3-4-5-6-7-8-9-15-22-18-12-10-11-17(16-18)13-14-19(20)21/h10-12,16H,2-9,13-15H2,1H3,(H,20,21). The first-order chi connectivity index (χ1) is 10.7. The van der Waals surface area contributed by atoms with Gasteiger partial charge in [0, 0.05) is 6.42 Å². The Kier molecular flexibility index (Phi) is 10.2. The summed E-state index contributed by atoms with van der Waals surface area (Å²) in [6, 6.07) is 7.77. The van der Waals surface area contributed by atoms with Crippen LogP contribution in [-0.2, 0) is 11.2 Å². The SMILES string of the molecule is CCCCCCCCCCOc1cccc(CCC(=O)O)c1. The molecule has 124 valence electrons. The molecule has 1 N–H and O–H groups in total. The van der Waals surface area contributed by atoms with E-state index in [-0.39, 0.29) is 6.42 Å². The zero-order chi connectivity index (χ0) is 16.0. The first kappa shape index (κ1) is 18.5. The Hall–Kier alpha value is -1.51. The molecule has 0 bridgehead atoms. The van der Waals surface area contributed by atoms with Gasteiger partial charge in [-0.1, -0.05) is 64.0 Å². The maximum Gasteiger partial charge on any atom is 0.303 e. The van der Waals surface area contributed by atoms with E-state index in [9.17, 15) is 4.79 Å². The summed E-state index contributed by atoms with van der Waals surface area (Å²) in [5.74, 6) is 0.0936. The van der Waals surface area contributed by atoms with E-state index in [1.54, 1.807) is 0 Å². The molecule has 0 atom stereocenters. The van der Waals surface area contributed by atoms with Gasteiger partial charge in [-0.3, -0.25) is 4.79 Å².